The molecule has 10 nitrogen and oxygen atoms in total. The molecule has 3 heterocycles. The van der Waals surface area contributed by atoms with Gasteiger partial charge in [-0.3, -0.25) is 9.69 Å². The molecule has 1 amide bonds. The summed E-state index contributed by atoms with van der Waals surface area (Å²) in [5.41, 5.74) is 5.30. The van der Waals surface area contributed by atoms with Gasteiger partial charge in [-0.25, -0.2) is 14.6 Å². The van der Waals surface area contributed by atoms with E-state index >= 15 is 0 Å². The number of carbonyl (C=O) groups excluding carboxylic acids is 1. The molecule has 1 saturated heterocycles. The number of aromatic nitrogens is 5. The summed E-state index contributed by atoms with van der Waals surface area (Å²) in [6, 6.07) is 13.5. The Labute approximate surface area is 216 Å². The normalized spacial score (nSPS) is 14.5. The molecule has 0 unspecified atom stereocenters. The van der Waals surface area contributed by atoms with Crippen LogP contribution in [0.15, 0.2) is 61.3 Å². The fourth-order valence-corrected chi connectivity index (χ4v) is 4.24. The summed E-state index contributed by atoms with van der Waals surface area (Å²) in [6.45, 7) is 9.09. The number of likely N-dealkylation sites (N-methyl/N-ethyl adjacent to an activating group) is 1. The minimum Gasteiger partial charge on any atom is -0.324 e. The first kappa shape index (κ1) is 24.5. The number of benzene rings is 2. The van der Waals surface area contributed by atoms with E-state index < -0.39 is 0 Å². The van der Waals surface area contributed by atoms with E-state index in [-0.39, 0.29) is 5.91 Å². The molecule has 0 bridgehead atoms. The van der Waals surface area contributed by atoms with Crippen molar-refractivity contribution in [2.75, 3.05) is 43.9 Å². The van der Waals surface area contributed by atoms with Gasteiger partial charge in [0.25, 0.3) is 5.91 Å². The quantitative estimate of drug-likeness (QED) is 0.400. The van der Waals surface area contributed by atoms with E-state index in [1.807, 2.05) is 26.0 Å². The second-order valence-electron chi connectivity index (χ2n) is 9.43. The Bertz CT molecular complexity index is 1360. The second kappa shape index (κ2) is 10.9. The van der Waals surface area contributed by atoms with E-state index in [1.54, 1.807) is 29.3 Å². The van der Waals surface area contributed by atoms with Gasteiger partial charge in [0, 0.05) is 61.4 Å². The Hall–Kier alpha value is -4.15. The fourth-order valence-electron chi connectivity index (χ4n) is 4.24. The molecule has 190 valence electrons. The van der Waals surface area contributed by atoms with Gasteiger partial charge in [0.2, 0.25) is 5.95 Å². The molecule has 0 radical (unpaired) electrons. The number of anilines is 3. The Balaban J connectivity index is 1.23. The molecule has 0 spiro atoms. The van der Waals surface area contributed by atoms with Crippen LogP contribution in [0.25, 0.3) is 5.82 Å². The van der Waals surface area contributed by atoms with Crippen molar-refractivity contribution in [2.24, 2.45) is 0 Å². The smallest absolute Gasteiger partial charge is 0.255 e. The van der Waals surface area contributed by atoms with Gasteiger partial charge in [0.05, 0.1) is 0 Å². The number of nitrogens with zero attached hydrogens (tertiary/aromatic N) is 7. The standard InChI is InChI=1S/C27H31N9O/c1-19-4-5-21(16-35-12-10-34(3)11-13-35)14-24(19)32-26(37)22-6-8-23(9-7-22)31-27-29-15-20(2)25(33-27)36-18-28-17-30-36/h4-9,14-15,17-18H,10-13,16H2,1-3H3,(H,32,37)(H,29,31,33). The Kier molecular flexibility index (Phi) is 7.20. The van der Waals surface area contributed by atoms with Gasteiger partial charge in [-0.05, 0) is 62.4 Å². The Morgan fingerprint density at radius 1 is 1.00 bits per heavy atom. The van der Waals surface area contributed by atoms with Crippen molar-refractivity contribution >= 4 is 23.2 Å². The van der Waals surface area contributed by atoms with Gasteiger partial charge in [-0.2, -0.15) is 10.1 Å². The summed E-state index contributed by atoms with van der Waals surface area (Å²) in [6.07, 6.45) is 4.79. The first-order valence-electron chi connectivity index (χ1n) is 12.3. The number of hydrogen-bond acceptors (Lipinski definition) is 8. The summed E-state index contributed by atoms with van der Waals surface area (Å²) in [5.74, 6) is 0.934. The molecule has 4 aromatic rings. The predicted molar refractivity (Wildman–Crippen MR) is 143 cm³/mol. The lowest BCUT2D eigenvalue weighted by atomic mass is 10.1. The molecule has 5 rings (SSSR count). The van der Waals surface area contributed by atoms with Gasteiger partial charge in [0.15, 0.2) is 5.82 Å². The highest BCUT2D eigenvalue weighted by Crippen LogP contribution is 2.21. The summed E-state index contributed by atoms with van der Waals surface area (Å²) in [5, 5.41) is 10.4. The van der Waals surface area contributed by atoms with Gasteiger partial charge < -0.3 is 15.5 Å². The minimum atomic E-state index is -0.147. The topological polar surface area (TPSA) is 104 Å². The van der Waals surface area contributed by atoms with Crippen LogP contribution < -0.4 is 10.6 Å². The third-order valence-corrected chi connectivity index (χ3v) is 6.54. The molecule has 2 aromatic heterocycles. The summed E-state index contributed by atoms with van der Waals surface area (Å²) < 4.78 is 1.59. The van der Waals surface area contributed by atoms with E-state index in [2.05, 4.69) is 65.7 Å². The number of carbonyl (C=O) groups is 1. The largest absolute Gasteiger partial charge is 0.324 e. The molecule has 37 heavy (non-hydrogen) atoms. The molecule has 2 N–H and O–H groups in total. The van der Waals surface area contributed by atoms with Gasteiger partial charge in [0.1, 0.15) is 12.7 Å². The zero-order chi connectivity index (χ0) is 25.8. The summed E-state index contributed by atoms with van der Waals surface area (Å²) in [4.78, 5) is 30.7. The van der Waals surface area contributed by atoms with Crippen LogP contribution in [0.4, 0.5) is 17.3 Å². The molecule has 1 fully saturated rings. The van der Waals surface area contributed by atoms with Crippen LogP contribution in [0.2, 0.25) is 0 Å². The highest BCUT2D eigenvalue weighted by atomic mass is 16.1. The average molecular weight is 498 g/mol. The average Bonchev–Trinajstić information content (AvgIpc) is 3.44. The Morgan fingerprint density at radius 3 is 2.51 bits per heavy atom. The first-order valence-corrected chi connectivity index (χ1v) is 12.3. The van der Waals surface area contributed by atoms with Crippen molar-refractivity contribution in [3.8, 4) is 5.82 Å². The first-order chi connectivity index (χ1) is 17.9. The lowest BCUT2D eigenvalue weighted by molar-refractivity contribution is 0.102. The van der Waals surface area contributed by atoms with Crippen LogP contribution in [0, 0.1) is 13.8 Å². The maximum absolute atomic E-state index is 13.0. The van der Waals surface area contributed by atoms with Crippen molar-refractivity contribution in [3.05, 3.63) is 83.6 Å². The third kappa shape index (κ3) is 5.99. The molecule has 0 atom stereocenters. The van der Waals surface area contributed by atoms with E-state index in [0.29, 0.717) is 17.3 Å². The number of amides is 1. The van der Waals surface area contributed by atoms with Crippen LogP contribution in [0.1, 0.15) is 27.0 Å². The maximum atomic E-state index is 13.0. The number of nitrogens with one attached hydrogen (secondary N) is 2. The number of rotatable bonds is 7. The van der Waals surface area contributed by atoms with E-state index in [4.69, 9.17) is 0 Å². The number of piperazine rings is 1. The molecular weight excluding hydrogens is 466 g/mol. The monoisotopic (exact) mass is 497 g/mol. The molecule has 1 aliphatic heterocycles. The van der Waals surface area contributed by atoms with E-state index in [9.17, 15) is 4.79 Å². The van der Waals surface area contributed by atoms with Crippen molar-refractivity contribution in [2.45, 2.75) is 20.4 Å². The predicted octanol–water partition coefficient (Wildman–Crippen LogP) is 3.42. The van der Waals surface area contributed by atoms with Crippen molar-refractivity contribution in [3.63, 3.8) is 0 Å². The zero-order valence-electron chi connectivity index (χ0n) is 21.3. The third-order valence-electron chi connectivity index (χ3n) is 6.54. The summed E-state index contributed by atoms with van der Waals surface area (Å²) >= 11 is 0. The van der Waals surface area contributed by atoms with Crippen LogP contribution in [-0.4, -0.2) is 73.7 Å². The molecule has 0 saturated carbocycles. The van der Waals surface area contributed by atoms with Crippen molar-refractivity contribution in [1.29, 1.82) is 0 Å². The molecule has 2 aromatic carbocycles. The van der Waals surface area contributed by atoms with Gasteiger partial charge in [-0.15, -0.1) is 0 Å². The number of aryl methyl sites for hydroxylation is 2. The van der Waals surface area contributed by atoms with Gasteiger partial charge in [-0.1, -0.05) is 12.1 Å². The fraction of sp³-hybridized carbons (Fsp3) is 0.296. The van der Waals surface area contributed by atoms with Crippen LogP contribution in [0.5, 0.6) is 0 Å². The van der Waals surface area contributed by atoms with Crippen LogP contribution >= 0.6 is 0 Å². The molecule has 1 aliphatic rings. The molecule has 10 heteroatoms. The molecule has 0 aliphatic carbocycles. The maximum Gasteiger partial charge on any atom is 0.255 e. The van der Waals surface area contributed by atoms with Crippen LogP contribution in [0.3, 0.4) is 0 Å². The highest BCUT2D eigenvalue weighted by molar-refractivity contribution is 6.04. The molecular formula is C27H31N9O. The number of hydrogen-bond donors (Lipinski definition) is 2. The van der Waals surface area contributed by atoms with E-state index in [1.165, 1.54) is 11.9 Å². The van der Waals surface area contributed by atoms with Crippen molar-refractivity contribution in [1.82, 2.24) is 34.5 Å². The lowest BCUT2D eigenvalue weighted by Crippen LogP contribution is -2.43. The SMILES string of the molecule is Cc1ccc(CN2CCN(C)CC2)cc1NC(=O)c1ccc(Nc2ncc(C)c(-n3cncn3)n2)cc1. The van der Waals surface area contributed by atoms with Crippen molar-refractivity contribution < 1.29 is 4.79 Å². The Morgan fingerprint density at radius 2 is 1.78 bits per heavy atom. The second-order valence-corrected chi connectivity index (χ2v) is 9.43. The van der Waals surface area contributed by atoms with Gasteiger partial charge >= 0.3 is 0 Å². The minimum absolute atomic E-state index is 0.147. The van der Waals surface area contributed by atoms with E-state index in [0.717, 1.165) is 55.2 Å². The lowest BCUT2D eigenvalue weighted by Gasteiger charge is -2.32. The zero-order valence-corrected chi connectivity index (χ0v) is 21.3. The summed E-state index contributed by atoms with van der Waals surface area (Å²) in [7, 11) is 2.16. The van der Waals surface area contributed by atoms with Crippen LogP contribution in [-0.2, 0) is 6.54 Å². The highest BCUT2D eigenvalue weighted by Gasteiger charge is 2.15.